The molecule has 0 N–H and O–H groups in total. The first-order valence-electron chi connectivity index (χ1n) is 40.8. The molecule has 12 nitrogen and oxygen atoms in total. The Bertz CT molecular complexity index is 7390. The molecule has 1 aliphatic carbocycles. The molecule has 598 valence electrons. The van der Waals surface area contributed by atoms with Crippen molar-refractivity contribution in [3.8, 4) is 124 Å². The summed E-state index contributed by atoms with van der Waals surface area (Å²) in [6.07, 6.45) is -1.21. The summed E-state index contributed by atoms with van der Waals surface area (Å²) in [4.78, 5) is 50.6. The van der Waals surface area contributed by atoms with E-state index in [0.29, 0.717) is 86.5 Å². The molecule has 21 rings (SSSR count). The van der Waals surface area contributed by atoms with E-state index in [0.717, 1.165) is 130 Å². The quantitative estimate of drug-likeness (QED) is 0.0929. The van der Waals surface area contributed by atoms with Gasteiger partial charge in [0.05, 0.1) is 67.3 Å². The first kappa shape index (κ1) is 76.2. The van der Waals surface area contributed by atoms with Crippen LogP contribution >= 0.6 is 0 Å². The zero-order valence-electron chi connectivity index (χ0n) is 66.7. The molecule has 0 radical (unpaired) electrons. The van der Waals surface area contributed by atoms with Crippen LogP contribution in [0.15, 0.2) is 404 Å². The zero-order valence-corrected chi connectivity index (χ0v) is 66.7. The largest absolute Gasteiger partial charge is 0.416 e. The first-order chi connectivity index (χ1) is 61.1. The number of fused-ring (bicyclic) bond motifs is 6. The Labute approximate surface area is 713 Å². The number of hydrogen-bond acceptors (Lipinski definition) is 10. The van der Waals surface area contributed by atoms with Crippen molar-refractivity contribution < 1.29 is 26.3 Å². The molecule has 18 heteroatoms. The van der Waals surface area contributed by atoms with Crippen LogP contribution in [0, 0.1) is 6.92 Å². The highest BCUT2D eigenvalue weighted by Crippen LogP contribution is 2.46. The number of alkyl halides is 6. The lowest BCUT2D eigenvalue weighted by Gasteiger charge is -2.32. The summed E-state index contributed by atoms with van der Waals surface area (Å²) in [5, 5.41) is 1.94. The fourth-order valence-corrected chi connectivity index (χ4v) is 16.8. The normalized spacial score (nSPS) is 13.6. The van der Waals surface area contributed by atoms with Crippen LogP contribution in [0.5, 0.6) is 0 Å². The topological polar surface area (TPSA) is 128 Å². The van der Waals surface area contributed by atoms with Crippen LogP contribution < -0.4 is 4.90 Å². The Hall–Kier alpha value is -16.2. The Kier molecular flexibility index (Phi) is 19.2. The van der Waals surface area contributed by atoms with Crippen molar-refractivity contribution in [1.29, 1.82) is 0 Å². The van der Waals surface area contributed by atoms with Gasteiger partial charge in [0.1, 0.15) is 11.7 Å². The SMILES string of the molecule is Cc1cc(N2C(c3ccccc3)=NC(c3cc(-c4nc(-c5ccccc5)cc(-c5ccccc5)n4)ccc3-n3c4ccc(C(F)(F)F)cc4c4cc(C(F)(F)F)ccc43)=NC2=C2C=CC=CC2)ccc1-c1ccc2c3ccccc3n(-c3ccc(-c4nc(-c5ccccc5)cc(-c5ccccc5)n4)cc3-c3nc(-c4ccccc4)nc(-c4ccccc4)n3)c2c1. The van der Waals surface area contributed by atoms with E-state index >= 15 is 0 Å². The Balaban J connectivity index is 0.746. The molecule has 0 amide bonds. The molecule has 19 aromatic rings. The molecule has 0 atom stereocenters. The maximum absolute atomic E-state index is 14.9. The number of aryl methyl sites for hydroxylation is 1. The van der Waals surface area contributed by atoms with Crippen molar-refractivity contribution in [3.63, 3.8) is 0 Å². The standard InChI is InChI=1S/C107H68F6N12/c1-66-58-80(51-53-81(66)75-46-52-83-82-44-26-27-45-92(82)125(97(83)61-75)96-55-48-76(100-114-88(67-28-10-2-11-29-67)64-89(115-100)68-30-12-3-13-31-68)59-86(96)102-119-98(71-36-18-6-19-37-71)118-99(120-102)72-38-20-7-21-39-72)123-104(73-40-22-8-23-41-73)121-103(122-105(123)74-42-24-9-25-43-74)87-60-77(101-116-90(69-32-14-4-15-33-69)65-91(117-101)70-34-16-5-17-35-70)47-54-95(87)124-93-56-49-78(106(108,109)110)62-84(93)85-63-79(107(111,112)113)50-57-94(85)124/h2-42,44-65H,43H2,1H3. The molecule has 1 aliphatic heterocycles. The lowest BCUT2D eigenvalue weighted by atomic mass is 9.97. The summed E-state index contributed by atoms with van der Waals surface area (Å²) in [6, 6.07) is 113. The predicted molar refractivity (Wildman–Crippen MR) is 487 cm³/mol. The number of aromatic nitrogens is 9. The molecule has 14 aromatic carbocycles. The van der Waals surface area contributed by atoms with Gasteiger partial charge >= 0.3 is 12.4 Å². The number of anilines is 1. The average Bonchev–Trinajstić information content (AvgIpc) is 1.60. The van der Waals surface area contributed by atoms with Gasteiger partial charge in [0.15, 0.2) is 35.0 Å². The minimum atomic E-state index is -4.83. The van der Waals surface area contributed by atoms with Crippen molar-refractivity contribution in [2.45, 2.75) is 25.7 Å². The van der Waals surface area contributed by atoms with Crippen molar-refractivity contribution in [2.75, 3.05) is 4.90 Å². The number of aliphatic imine (C=N–C) groups is 2. The highest BCUT2D eigenvalue weighted by atomic mass is 19.4. The van der Waals surface area contributed by atoms with Gasteiger partial charge in [-0.25, -0.2) is 44.9 Å². The number of nitrogens with zero attached hydrogens (tertiary/aromatic N) is 12. The second-order valence-electron chi connectivity index (χ2n) is 30.7. The van der Waals surface area contributed by atoms with Crippen molar-refractivity contribution in [2.24, 2.45) is 9.98 Å². The molecule has 0 spiro atoms. The summed E-state index contributed by atoms with van der Waals surface area (Å²) in [6.45, 7) is 2.09. The van der Waals surface area contributed by atoms with Gasteiger partial charge in [-0.1, -0.05) is 273 Å². The van der Waals surface area contributed by atoms with Crippen molar-refractivity contribution in [3.05, 3.63) is 421 Å². The number of hydrogen-bond donors (Lipinski definition) is 0. The fraction of sp³-hybridized carbons (Fsp3) is 0.0374. The molecular weight excluding hydrogens is 1570 g/mol. The van der Waals surface area contributed by atoms with Gasteiger partial charge < -0.3 is 9.13 Å². The van der Waals surface area contributed by atoms with Crippen LogP contribution in [-0.4, -0.2) is 55.7 Å². The third-order valence-electron chi connectivity index (χ3n) is 22.8. The third kappa shape index (κ3) is 14.5. The van der Waals surface area contributed by atoms with E-state index in [9.17, 15) is 26.3 Å². The molecule has 0 saturated heterocycles. The molecular formula is C107H68F6N12. The number of allylic oxidation sites excluding steroid dienone is 5. The highest BCUT2D eigenvalue weighted by molar-refractivity contribution is 6.23. The molecule has 2 aliphatic rings. The van der Waals surface area contributed by atoms with Crippen molar-refractivity contribution in [1.82, 2.24) is 44.0 Å². The van der Waals surface area contributed by atoms with Gasteiger partial charge in [-0.05, 0) is 145 Å². The second-order valence-corrected chi connectivity index (χ2v) is 30.7. The maximum atomic E-state index is 14.9. The molecule has 0 bridgehead atoms. The second kappa shape index (κ2) is 31.4. The summed E-state index contributed by atoms with van der Waals surface area (Å²) < 4.78 is 93.5. The zero-order chi connectivity index (χ0) is 84.4. The van der Waals surface area contributed by atoms with E-state index in [-0.39, 0.29) is 27.6 Å². The summed E-state index contributed by atoms with van der Waals surface area (Å²) in [5.41, 5.74) is 16.6. The van der Waals surface area contributed by atoms with Gasteiger partial charge in [-0.15, -0.1) is 0 Å². The van der Waals surface area contributed by atoms with Crippen LogP contribution in [0.25, 0.3) is 168 Å². The number of amidine groups is 2. The minimum absolute atomic E-state index is 0.0440. The Morgan fingerprint density at radius 3 is 1.18 bits per heavy atom. The van der Waals surface area contributed by atoms with Crippen LogP contribution in [-0.2, 0) is 12.4 Å². The molecule has 0 saturated carbocycles. The molecule has 0 fully saturated rings. The fourth-order valence-electron chi connectivity index (χ4n) is 16.8. The molecule has 6 heterocycles. The summed E-state index contributed by atoms with van der Waals surface area (Å²) in [5.74, 6) is 3.40. The molecule has 5 aromatic heterocycles. The van der Waals surface area contributed by atoms with Crippen molar-refractivity contribution >= 4 is 61.0 Å². The summed E-state index contributed by atoms with van der Waals surface area (Å²) in [7, 11) is 0. The van der Waals surface area contributed by atoms with Crippen LogP contribution in [0.2, 0.25) is 0 Å². The number of halogens is 6. The lowest BCUT2D eigenvalue weighted by Crippen LogP contribution is -2.36. The smallest absolute Gasteiger partial charge is 0.309 e. The van der Waals surface area contributed by atoms with Crippen LogP contribution in [0.3, 0.4) is 0 Å². The number of rotatable bonds is 15. The highest BCUT2D eigenvalue weighted by Gasteiger charge is 2.36. The van der Waals surface area contributed by atoms with E-state index in [2.05, 4.69) is 126 Å². The van der Waals surface area contributed by atoms with Crippen LogP contribution in [0.4, 0.5) is 32.0 Å². The molecule has 125 heavy (non-hydrogen) atoms. The number of para-hydroxylation sites is 1. The van der Waals surface area contributed by atoms with E-state index in [4.69, 9.17) is 44.9 Å². The van der Waals surface area contributed by atoms with E-state index < -0.39 is 23.5 Å². The van der Waals surface area contributed by atoms with Gasteiger partial charge in [0.2, 0.25) is 0 Å². The first-order valence-corrected chi connectivity index (χ1v) is 40.8. The summed E-state index contributed by atoms with van der Waals surface area (Å²) >= 11 is 0. The van der Waals surface area contributed by atoms with E-state index in [1.807, 2.05) is 231 Å². The predicted octanol–water partition coefficient (Wildman–Crippen LogP) is 27.1. The Morgan fingerprint density at radius 2 is 0.704 bits per heavy atom. The van der Waals surface area contributed by atoms with Gasteiger partial charge in [-0.2, -0.15) is 26.3 Å². The lowest BCUT2D eigenvalue weighted by molar-refractivity contribution is -0.138. The monoisotopic (exact) mass is 1630 g/mol. The number of benzene rings is 14. The van der Waals surface area contributed by atoms with Gasteiger partial charge in [-0.3, -0.25) is 4.90 Å². The van der Waals surface area contributed by atoms with Gasteiger partial charge in [0, 0.05) is 88.4 Å². The average molecular weight is 1640 g/mol. The van der Waals surface area contributed by atoms with Gasteiger partial charge in [0.25, 0.3) is 0 Å². The van der Waals surface area contributed by atoms with E-state index in [1.165, 1.54) is 12.1 Å². The Morgan fingerprint density at radius 1 is 0.288 bits per heavy atom. The van der Waals surface area contributed by atoms with E-state index in [1.54, 1.807) is 10.6 Å². The molecule has 0 unspecified atom stereocenters. The van der Waals surface area contributed by atoms with Crippen LogP contribution in [0.1, 0.15) is 34.2 Å². The maximum Gasteiger partial charge on any atom is 0.416 e. The third-order valence-corrected chi connectivity index (χ3v) is 22.8. The minimum Gasteiger partial charge on any atom is -0.309 e.